The van der Waals surface area contributed by atoms with Crippen molar-refractivity contribution in [3.63, 3.8) is 0 Å². The molecular weight excluding hydrogens is 356 g/mol. The highest BCUT2D eigenvalue weighted by molar-refractivity contribution is 5.69. The first-order chi connectivity index (χ1) is 13.4. The molecule has 0 aliphatic carbocycles. The molecule has 6 heteroatoms. The molecule has 1 atom stereocenters. The van der Waals surface area contributed by atoms with Crippen LogP contribution in [0.2, 0.25) is 0 Å². The summed E-state index contributed by atoms with van der Waals surface area (Å²) in [7, 11) is 0. The Bertz CT molecular complexity index is 651. The van der Waals surface area contributed by atoms with Crippen molar-refractivity contribution < 1.29 is 19.4 Å². The number of aliphatic carboxylic acids is 1. The maximum atomic E-state index is 12.6. The number of rotatable bonds is 9. The molecule has 0 saturated carbocycles. The van der Waals surface area contributed by atoms with Crippen molar-refractivity contribution >= 4 is 12.1 Å². The molecular formula is C22H32N2O4. The van der Waals surface area contributed by atoms with Crippen LogP contribution in [0.3, 0.4) is 0 Å². The zero-order chi connectivity index (χ0) is 20.5. The van der Waals surface area contributed by atoms with Gasteiger partial charge in [-0.2, -0.15) is 0 Å². The number of carboxylic acid groups (broad SMARTS) is 1. The molecule has 2 rings (SSSR count). The number of benzene rings is 1. The van der Waals surface area contributed by atoms with E-state index in [0.29, 0.717) is 13.0 Å². The predicted octanol–water partition coefficient (Wildman–Crippen LogP) is 3.69. The molecule has 1 heterocycles. The second kappa shape index (κ2) is 10.9. The lowest BCUT2D eigenvalue weighted by molar-refractivity contribution is -0.141. The Balaban J connectivity index is 1.82. The van der Waals surface area contributed by atoms with Gasteiger partial charge in [-0.25, -0.2) is 4.79 Å². The van der Waals surface area contributed by atoms with E-state index in [9.17, 15) is 9.59 Å². The van der Waals surface area contributed by atoms with Crippen LogP contribution < -0.4 is 0 Å². The molecule has 1 unspecified atom stereocenters. The Kier molecular flexibility index (Phi) is 8.51. The summed E-state index contributed by atoms with van der Waals surface area (Å²) in [6, 6.07) is 8.07. The Labute approximate surface area is 167 Å². The lowest BCUT2D eigenvalue weighted by atomic mass is 10.0. The highest BCUT2D eigenvalue weighted by atomic mass is 16.6. The van der Waals surface area contributed by atoms with Crippen LogP contribution in [0.5, 0.6) is 0 Å². The fourth-order valence-electron chi connectivity index (χ4n) is 3.38. The Hall–Kier alpha value is -2.34. The van der Waals surface area contributed by atoms with Crippen molar-refractivity contribution in [3.8, 4) is 0 Å². The molecule has 1 aliphatic heterocycles. The zero-order valence-electron chi connectivity index (χ0n) is 17.0. The maximum Gasteiger partial charge on any atom is 0.410 e. The molecule has 1 N–H and O–H groups in total. The van der Waals surface area contributed by atoms with Gasteiger partial charge >= 0.3 is 12.1 Å². The van der Waals surface area contributed by atoms with Gasteiger partial charge < -0.3 is 19.6 Å². The molecule has 1 aromatic carbocycles. The van der Waals surface area contributed by atoms with Gasteiger partial charge in [0.05, 0.1) is 5.92 Å². The van der Waals surface area contributed by atoms with Gasteiger partial charge in [0.25, 0.3) is 0 Å². The minimum atomic E-state index is -0.747. The fraction of sp³-hybridized carbons (Fsp3) is 0.545. The average Bonchev–Trinajstić information content (AvgIpc) is 2.70. The molecule has 1 amide bonds. The molecule has 0 radical (unpaired) electrons. The summed E-state index contributed by atoms with van der Waals surface area (Å²) in [6.07, 6.45) is 3.78. The number of hydrogen-bond acceptors (Lipinski definition) is 4. The Morgan fingerprint density at radius 2 is 1.96 bits per heavy atom. The minimum Gasteiger partial charge on any atom is -0.481 e. The van der Waals surface area contributed by atoms with Gasteiger partial charge in [0.2, 0.25) is 0 Å². The standard InChI is InChI=1S/C22H32N2O4/c1-4-12-24(22(27)28-16-19-7-5-17(2)6-8-19)20-10-14-23(15-11-20)13-9-18(3)21(25)26/h4-8,18,20H,1,9-16H2,2-3H3,(H,25,26). The number of ether oxygens (including phenoxy) is 1. The topological polar surface area (TPSA) is 70.1 Å². The molecule has 154 valence electrons. The van der Waals surface area contributed by atoms with Gasteiger partial charge in [0.1, 0.15) is 6.61 Å². The fourth-order valence-corrected chi connectivity index (χ4v) is 3.38. The van der Waals surface area contributed by atoms with E-state index in [4.69, 9.17) is 9.84 Å². The number of piperidine rings is 1. The summed E-state index contributed by atoms with van der Waals surface area (Å²) in [5.74, 6) is -1.07. The van der Waals surface area contributed by atoms with Crippen molar-refractivity contribution in [2.75, 3.05) is 26.2 Å². The minimum absolute atomic E-state index is 0.122. The lowest BCUT2D eigenvalue weighted by Gasteiger charge is -2.37. The van der Waals surface area contributed by atoms with Crippen LogP contribution in [0, 0.1) is 12.8 Å². The Morgan fingerprint density at radius 1 is 1.32 bits per heavy atom. The first kappa shape index (κ1) is 22.0. The van der Waals surface area contributed by atoms with Crippen LogP contribution >= 0.6 is 0 Å². The molecule has 0 aromatic heterocycles. The molecule has 1 saturated heterocycles. The van der Waals surface area contributed by atoms with Gasteiger partial charge in [0, 0.05) is 25.7 Å². The number of aryl methyl sites for hydroxylation is 1. The number of carboxylic acids is 1. The average molecular weight is 389 g/mol. The van der Waals surface area contributed by atoms with E-state index < -0.39 is 5.97 Å². The van der Waals surface area contributed by atoms with Crippen molar-refractivity contribution in [3.05, 3.63) is 48.0 Å². The Morgan fingerprint density at radius 3 is 2.54 bits per heavy atom. The second-order valence-electron chi connectivity index (χ2n) is 7.58. The van der Waals surface area contributed by atoms with Crippen LogP contribution in [0.1, 0.15) is 37.3 Å². The van der Waals surface area contributed by atoms with Crippen LogP contribution in [0.25, 0.3) is 0 Å². The van der Waals surface area contributed by atoms with Crippen molar-refractivity contribution in [1.29, 1.82) is 0 Å². The van der Waals surface area contributed by atoms with Crippen LogP contribution in [0.15, 0.2) is 36.9 Å². The van der Waals surface area contributed by atoms with Gasteiger partial charge in [-0.3, -0.25) is 4.79 Å². The monoisotopic (exact) mass is 388 g/mol. The predicted molar refractivity (Wildman–Crippen MR) is 109 cm³/mol. The molecule has 28 heavy (non-hydrogen) atoms. The van der Waals surface area contributed by atoms with E-state index in [1.807, 2.05) is 31.2 Å². The third-order valence-electron chi connectivity index (χ3n) is 5.34. The van der Waals surface area contributed by atoms with Crippen LogP contribution in [0.4, 0.5) is 4.79 Å². The summed E-state index contributed by atoms with van der Waals surface area (Å²) in [4.78, 5) is 27.6. The molecule has 0 bridgehead atoms. The molecule has 0 spiro atoms. The SMILES string of the molecule is C=CCN(C(=O)OCc1ccc(C)cc1)C1CCN(CCC(C)C(=O)O)CC1. The number of nitrogens with zero attached hydrogens (tertiary/aromatic N) is 2. The summed E-state index contributed by atoms with van der Waals surface area (Å²) < 4.78 is 5.53. The number of hydrogen-bond donors (Lipinski definition) is 1. The second-order valence-corrected chi connectivity index (χ2v) is 7.58. The lowest BCUT2D eigenvalue weighted by Crippen LogP contribution is -2.48. The normalized spacial score (nSPS) is 16.4. The molecule has 1 fully saturated rings. The van der Waals surface area contributed by atoms with E-state index in [-0.39, 0.29) is 24.7 Å². The van der Waals surface area contributed by atoms with Gasteiger partial charge in [-0.15, -0.1) is 6.58 Å². The smallest absolute Gasteiger partial charge is 0.410 e. The summed E-state index contributed by atoms with van der Waals surface area (Å²) in [6.45, 7) is 10.8. The first-order valence-corrected chi connectivity index (χ1v) is 9.95. The van der Waals surface area contributed by atoms with E-state index >= 15 is 0 Å². The van der Waals surface area contributed by atoms with E-state index in [2.05, 4.69) is 11.5 Å². The van der Waals surface area contributed by atoms with Gasteiger partial charge in [-0.1, -0.05) is 42.8 Å². The zero-order valence-corrected chi connectivity index (χ0v) is 17.0. The first-order valence-electron chi connectivity index (χ1n) is 9.95. The van der Waals surface area contributed by atoms with Gasteiger partial charge in [0.15, 0.2) is 0 Å². The number of amides is 1. The van der Waals surface area contributed by atoms with E-state index in [0.717, 1.165) is 38.0 Å². The molecule has 1 aromatic rings. The third-order valence-corrected chi connectivity index (χ3v) is 5.34. The highest BCUT2D eigenvalue weighted by Crippen LogP contribution is 2.19. The third kappa shape index (κ3) is 6.68. The summed E-state index contributed by atoms with van der Waals surface area (Å²) in [5.41, 5.74) is 2.15. The molecule has 6 nitrogen and oxygen atoms in total. The number of likely N-dealkylation sites (tertiary alicyclic amines) is 1. The van der Waals surface area contributed by atoms with E-state index in [1.54, 1.807) is 17.9 Å². The number of carbonyl (C=O) groups excluding carboxylic acids is 1. The highest BCUT2D eigenvalue weighted by Gasteiger charge is 2.28. The van der Waals surface area contributed by atoms with Gasteiger partial charge in [-0.05, 0) is 38.3 Å². The van der Waals surface area contributed by atoms with E-state index in [1.165, 1.54) is 5.56 Å². The van der Waals surface area contributed by atoms with Crippen molar-refractivity contribution in [2.24, 2.45) is 5.92 Å². The van der Waals surface area contributed by atoms with Crippen molar-refractivity contribution in [1.82, 2.24) is 9.80 Å². The van der Waals surface area contributed by atoms with Crippen molar-refractivity contribution in [2.45, 2.75) is 45.8 Å². The maximum absolute atomic E-state index is 12.6. The largest absolute Gasteiger partial charge is 0.481 e. The van der Waals surface area contributed by atoms with Crippen LogP contribution in [-0.4, -0.2) is 59.2 Å². The number of carbonyl (C=O) groups is 2. The molecule has 1 aliphatic rings. The summed E-state index contributed by atoms with van der Waals surface area (Å²) >= 11 is 0. The summed E-state index contributed by atoms with van der Waals surface area (Å²) in [5, 5.41) is 9.01. The van der Waals surface area contributed by atoms with Crippen LogP contribution in [-0.2, 0) is 16.1 Å². The quantitative estimate of drug-likeness (QED) is 0.653.